The van der Waals surface area contributed by atoms with E-state index in [-0.39, 0.29) is 16.8 Å². The third-order valence-electron chi connectivity index (χ3n) is 2.73. The zero-order valence-corrected chi connectivity index (χ0v) is 12.7. The predicted octanol–water partition coefficient (Wildman–Crippen LogP) is 2.51. The largest absolute Gasteiger partial charge is 0.301 e. The van der Waals surface area contributed by atoms with Gasteiger partial charge in [0.1, 0.15) is 5.78 Å². The summed E-state index contributed by atoms with van der Waals surface area (Å²) in [5.41, 5.74) is 0.791. The molecule has 5 heteroatoms. The maximum atomic E-state index is 11.9. The molecule has 0 aliphatic heterocycles. The molecule has 1 N–H and O–H groups in total. The predicted molar refractivity (Wildman–Crippen MR) is 78.7 cm³/mol. The maximum absolute atomic E-state index is 11.9. The molecule has 1 aromatic heterocycles. The van der Waals surface area contributed by atoms with Crippen molar-refractivity contribution in [1.82, 2.24) is 9.97 Å². The summed E-state index contributed by atoms with van der Waals surface area (Å²) in [6.45, 7) is 11.1. The summed E-state index contributed by atoms with van der Waals surface area (Å²) in [6, 6.07) is 0. The Kier molecular flexibility index (Phi) is 5.11. The lowest BCUT2D eigenvalue weighted by Crippen LogP contribution is -2.23. The number of H-pyrrole nitrogens is 1. The lowest BCUT2D eigenvalue weighted by molar-refractivity contribution is -0.123. The van der Waals surface area contributed by atoms with E-state index < -0.39 is 0 Å². The van der Waals surface area contributed by atoms with Gasteiger partial charge in [0, 0.05) is 16.7 Å². The van der Waals surface area contributed by atoms with E-state index in [2.05, 4.69) is 16.5 Å². The molecule has 0 saturated heterocycles. The highest BCUT2D eigenvalue weighted by Gasteiger charge is 2.21. The summed E-state index contributed by atoms with van der Waals surface area (Å²) >= 11 is 1.27. The van der Waals surface area contributed by atoms with Crippen LogP contribution < -0.4 is 5.56 Å². The van der Waals surface area contributed by atoms with Gasteiger partial charge >= 0.3 is 0 Å². The van der Waals surface area contributed by atoms with Crippen molar-refractivity contribution >= 4 is 17.5 Å². The SMILES string of the molecule is C=CCc1c(C)nc(SCC(=O)C(C)(C)C)[nH]c1=O. The molecule has 1 rings (SSSR count). The van der Waals surface area contributed by atoms with Gasteiger partial charge in [-0.2, -0.15) is 0 Å². The third kappa shape index (κ3) is 4.35. The Hall–Kier alpha value is -1.36. The Morgan fingerprint density at radius 1 is 1.47 bits per heavy atom. The molecule has 0 amide bonds. The minimum Gasteiger partial charge on any atom is -0.301 e. The Labute approximate surface area is 117 Å². The molecule has 0 radical (unpaired) electrons. The number of aryl methyl sites for hydroxylation is 1. The van der Waals surface area contributed by atoms with Gasteiger partial charge in [-0.15, -0.1) is 6.58 Å². The normalized spacial score (nSPS) is 11.4. The first-order valence-corrected chi connectivity index (χ1v) is 7.11. The van der Waals surface area contributed by atoms with Crippen LogP contribution in [0, 0.1) is 12.3 Å². The fourth-order valence-electron chi connectivity index (χ4n) is 1.39. The second-order valence-electron chi connectivity index (χ2n) is 5.39. The fraction of sp³-hybridized carbons (Fsp3) is 0.500. The van der Waals surface area contributed by atoms with Gasteiger partial charge in [0.05, 0.1) is 5.75 Å². The Balaban J connectivity index is 2.85. The Morgan fingerprint density at radius 2 is 2.11 bits per heavy atom. The number of carbonyl (C=O) groups excluding carboxylic acids is 1. The van der Waals surface area contributed by atoms with Gasteiger partial charge in [-0.05, 0) is 13.3 Å². The number of hydrogen-bond donors (Lipinski definition) is 1. The number of nitrogens with one attached hydrogen (secondary N) is 1. The maximum Gasteiger partial charge on any atom is 0.255 e. The number of nitrogens with zero attached hydrogens (tertiary/aromatic N) is 1. The van der Waals surface area contributed by atoms with E-state index in [1.165, 1.54) is 11.8 Å². The first-order valence-electron chi connectivity index (χ1n) is 6.12. The van der Waals surface area contributed by atoms with Crippen LogP contribution in [0.25, 0.3) is 0 Å². The van der Waals surface area contributed by atoms with E-state index in [1.54, 1.807) is 13.0 Å². The molecule has 0 unspecified atom stereocenters. The molecule has 19 heavy (non-hydrogen) atoms. The van der Waals surface area contributed by atoms with Crippen LogP contribution in [0.1, 0.15) is 32.0 Å². The average molecular weight is 280 g/mol. The molecule has 0 bridgehead atoms. The molecule has 1 aromatic rings. The molecule has 0 aliphatic rings. The van der Waals surface area contributed by atoms with Gasteiger partial charge in [-0.3, -0.25) is 9.59 Å². The zero-order chi connectivity index (χ0) is 14.6. The Morgan fingerprint density at radius 3 is 2.58 bits per heavy atom. The zero-order valence-electron chi connectivity index (χ0n) is 11.9. The van der Waals surface area contributed by atoms with E-state index >= 15 is 0 Å². The Bertz CT molecular complexity index is 541. The molecule has 0 spiro atoms. The van der Waals surface area contributed by atoms with Crippen molar-refractivity contribution in [3.8, 4) is 0 Å². The number of Topliss-reactive ketones (excluding diaryl/α,β-unsaturated/α-hetero) is 1. The van der Waals surface area contributed by atoms with Crippen LogP contribution in [0.3, 0.4) is 0 Å². The standard InChI is InChI=1S/C14H20N2O2S/c1-6-7-10-9(2)15-13(16-12(10)18)19-8-11(17)14(3,4)5/h6H,1,7-8H2,2-5H3,(H,15,16,18). The summed E-state index contributed by atoms with van der Waals surface area (Å²) in [5, 5.41) is 0.493. The van der Waals surface area contributed by atoms with Crippen LogP contribution in [-0.2, 0) is 11.2 Å². The van der Waals surface area contributed by atoms with E-state index in [4.69, 9.17) is 0 Å². The van der Waals surface area contributed by atoms with Gasteiger partial charge in [-0.1, -0.05) is 38.6 Å². The van der Waals surface area contributed by atoms with Crippen LogP contribution in [0.15, 0.2) is 22.6 Å². The quantitative estimate of drug-likeness (QED) is 0.511. The number of rotatable bonds is 5. The van der Waals surface area contributed by atoms with Crippen molar-refractivity contribution in [1.29, 1.82) is 0 Å². The second-order valence-corrected chi connectivity index (χ2v) is 6.35. The average Bonchev–Trinajstić information content (AvgIpc) is 2.29. The number of allylic oxidation sites excluding steroid dienone is 1. The lowest BCUT2D eigenvalue weighted by atomic mass is 9.92. The summed E-state index contributed by atoms with van der Waals surface area (Å²) in [4.78, 5) is 30.7. The molecular weight excluding hydrogens is 260 g/mol. The summed E-state index contributed by atoms with van der Waals surface area (Å²) in [5.74, 6) is 0.445. The summed E-state index contributed by atoms with van der Waals surface area (Å²) in [6.07, 6.45) is 2.18. The number of ketones is 1. The van der Waals surface area contributed by atoms with E-state index in [0.29, 0.717) is 28.6 Å². The van der Waals surface area contributed by atoms with Gasteiger partial charge in [-0.25, -0.2) is 4.98 Å². The first kappa shape index (κ1) is 15.7. The minimum absolute atomic E-state index is 0.132. The number of carbonyl (C=O) groups is 1. The monoisotopic (exact) mass is 280 g/mol. The van der Waals surface area contributed by atoms with Crippen molar-refractivity contribution in [2.45, 2.75) is 39.3 Å². The van der Waals surface area contributed by atoms with E-state index in [9.17, 15) is 9.59 Å². The first-order chi connectivity index (χ1) is 8.75. The highest BCUT2D eigenvalue weighted by atomic mass is 32.2. The molecule has 104 valence electrons. The molecule has 0 aromatic carbocycles. The van der Waals surface area contributed by atoms with Crippen molar-refractivity contribution in [3.05, 3.63) is 34.3 Å². The van der Waals surface area contributed by atoms with Crippen LogP contribution >= 0.6 is 11.8 Å². The van der Waals surface area contributed by atoms with Crippen LogP contribution in [0.2, 0.25) is 0 Å². The van der Waals surface area contributed by atoms with Crippen LogP contribution in [0.4, 0.5) is 0 Å². The minimum atomic E-state index is -0.370. The van der Waals surface area contributed by atoms with Gasteiger partial charge in [0.2, 0.25) is 0 Å². The van der Waals surface area contributed by atoms with Crippen LogP contribution in [0.5, 0.6) is 0 Å². The molecule has 0 saturated carbocycles. The number of hydrogen-bond acceptors (Lipinski definition) is 4. The van der Waals surface area contributed by atoms with E-state index in [1.807, 2.05) is 20.8 Å². The molecule has 0 atom stereocenters. The van der Waals surface area contributed by atoms with Gasteiger partial charge < -0.3 is 4.98 Å². The molecular formula is C14H20N2O2S. The molecule has 1 heterocycles. The van der Waals surface area contributed by atoms with Crippen molar-refractivity contribution in [2.75, 3.05) is 5.75 Å². The second kappa shape index (κ2) is 6.19. The van der Waals surface area contributed by atoms with Crippen molar-refractivity contribution in [2.24, 2.45) is 5.41 Å². The van der Waals surface area contributed by atoms with Crippen LogP contribution in [-0.4, -0.2) is 21.5 Å². The lowest BCUT2D eigenvalue weighted by Gasteiger charge is -2.15. The third-order valence-corrected chi connectivity index (χ3v) is 3.60. The number of aromatic amines is 1. The van der Waals surface area contributed by atoms with Gasteiger partial charge in [0.15, 0.2) is 5.16 Å². The molecule has 0 fully saturated rings. The smallest absolute Gasteiger partial charge is 0.255 e. The molecule has 4 nitrogen and oxygen atoms in total. The fourth-order valence-corrected chi connectivity index (χ4v) is 2.46. The highest BCUT2D eigenvalue weighted by Crippen LogP contribution is 2.20. The number of aromatic nitrogens is 2. The van der Waals surface area contributed by atoms with Crippen molar-refractivity contribution in [3.63, 3.8) is 0 Å². The number of thioether (sulfide) groups is 1. The van der Waals surface area contributed by atoms with Gasteiger partial charge in [0.25, 0.3) is 5.56 Å². The van der Waals surface area contributed by atoms with E-state index in [0.717, 1.165) is 0 Å². The van der Waals surface area contributed by atoms with Crippen molar-refractivity contribution < 1.29 is 4.79 Å². The summed E-state index contributed by atoms with van der Waals surface area (Å²) < 4.78 is 0. The molecule has 0 aliphatic carbocycles. The summed E-state index contributed by atoms with van der Waals surface area (Å²) in [7, 11) is 0. The highest BCUT2D eigenvalue weighted by molar-refractivity contribution is 7.99. The topological polar surface area (TPSA) is 62.8 Å².